The van der Waals surface area contributed by atoms with Crippen LogP contribution in [-0.2, 0) is 33.8 Å². The molecule has 6 aromatic carbocycles. The summed E-state index contributed by atoms with van der Waals surface area (Å²) in [5.41, 5.74) is 11.5. The van der Waals surface area contributed by atoms with E-state index in [1.165, 1.54) is 10.6 Å². The highest BCUT2D eigenvalue weighted by molar-refractivity contribution is 7.88. The van der Waals surface area contributed by atoms with Gasteiger partial charge in [-0.3, -0.25) is 39.6 Å². The first-order chi connectivity index (χ1) is 58.4. The van der Waals surface area contributed by atoms with Gasteiger partial charge in [-0.05, 0) is 158 Å². The SMILES string of the molecule is CC(C)(C)CC(=O)Cl.CC(C)(C)CC(=O)Nc1cccc2[nH]ncc12.CC(C)(C)OC(=O)N1CCN(c2cc(Cl)cc(F)c2C=O)CC1.CC(C)(C)OC(=O)N1CCN(c2cc(Cl)cc3[nH]ncc23)CC1.CC(C)(C)OC(=O)N1CCNCC1.CS(=O)(=O)N1CCN(c2cc(Cl)cc3[nH]ncc23)CC1.Nc1cccc2[nH]ncc12.O=Cc1c(F)cc(Cl)cc1F. The van der Waals surface area contributed by atoms with Gasteiger partial charge in [-0.2, -0.15) is 24.7 Å². The predicted molar refractivity (Wildman–Crippen MR) is 489 cm³/mol. The molecule has 0 atom stereocenters. The number of hydrogen-bond acceptors (Lipinski definition) is 21. The van der Waals surface area contributed by atoms with Gasteiger partial charge in [0.25, 0.3) is 0 Å². The van der Waals surface area contributed by atoms with Crippen molar-refractivity contribution in [2.75, 3.05) is 137 Å². The quantitative estimate of drug-likeness (QED) is 0.0305. The Kier molecular flexibility index (Phi) is 36.9. The van der Waals surface area contributed by atoms with Crippen molar-refractivity contribution < 1.29 is 69.4 Å². The van der Waals surface area contributed by atoms with E-state index in [0.717, 1.165) is 124 Å². The van der Waals surface area contributed by atoms with Crippen LogP contribution in [0.2, 0.25) is 20.1 Å². The van der Waals surface area contributed by atoms with Gasteiger partial charge in [0.2, 0.25) is 21.2 Å². The van der Waals surface area contributed by atoms with Gasteiger partial charge in [-0.1, -0.05) is 100 Å². The number of piperazine rings is 4. The van der Waals surface area contributed by atoms with Gasteiger partial charge < -0.3 is 60.0 Å². The van der Waals surface area contributed by atoms with Crippen molar-refractivity contribution in [2.45, 2.75) is 134 Å². The van der Waals surface area contributed by atoms with Crippen LogP contribution in [0.15, 0.2) is 110 Å². The summed E-state index contributed by atoms with van der Waals surface area (Å²) in [6.07, 6.45) is 9.00. The Hall–Kier alpha value is -10.2. The number of carbonyl (C=O) groups is 7. The number of carbonyl (C=O) groups excluding carboxylic acids is 7. The number of fused-ring (bicyclic) bond motifs is 4. The van der Waals surface area contributed by atoms with Crippen molar-refractivity contribution >= 4 is 182 Å². The van der Waals surface area contributed by atoms with Gasteiger partial charge in [0.1, 0.15) is 34.3 Å². The summed E-state index contributed by atoms with van der Waals surface area (Å²) >= 11 is 28.6. The van der Waals surface area contributed by atoms with E-state index in [1.54, 1.807) is 45.6 Å². The number of benzene rings is 6. The molecule has 4 amide bonds. The molecule has 0 spiro atoms. The summed E-state index contributed by atoms with van der Waals surface area (Å²) in [4.78, 5) is 90.2. The molecule has 125 heavy (non-hydrogen) atoms. The van der Waals surface area contributed by atoms with E-state index < -0.39 is 44.2 Å². The lowest BCUT2D eigenvalue weighted by Crippen LogP contribution is -2.50. The molecule has 8 heterocycles. The molecule has 4 fully saturated rings. The van der Waals surface area contributed by atoms with E-state index >= 15 is 0 Å². The van der Waals surface area contributed by atoms with Gasteiger partial charge in [-0.25, -0.2) is 36.0 Å². The van der Waals surface area contributed by atoms with E-state index in [4.69, 9.17) is 77.9 Å². The molecule has 0 radical (unpaired) electrons. The molecule has 10 aromatic rings. The van der Waals surface area contributed by atoms with Crippen molar-refractivity contribution in [1.82, 2.24) is 65.1 Å². The summed E-state index contributed by atoms with van der Waals surface area (Å²) in [5.74, 6) is -2.49. The maximum Gasteiger partial charge on any atom is 0.410 e. The number of aromatic amines is 4. The maximum absolute atomic E-state index is 13.8. The van der Waals surface area contributed by atoms with Crippen LogP contribution < -0.4 is 31.1 Å². The highest BCUT2D eigenvalue weighted by atomic mass is 35.5. The molecule has 0 unspecified atom stereocenters. The smallest absolute Gasteiger partial charge is 0.410 e. The summed E-state index contributed by atoms with van der Waals surface area (Å²) in [7, 11) is -3.11. The van der Waals surface area contributed by atoms with Crippen LogP contribution in [-0.4, -0.2) is 238 Å². The number of halogens is 8. The normalized spacial score (nSPS) is 14.6. The summed E-state index contributed by atoms with van der Waals surface area (Å²) in [6, 6.07) is 23.4. The van der Waals surface area contributed by atoms with Gasteiger partial charge >= 0.3 is 18.3 Å². The van der Waals surface area contributed by atoms with Gasteiger partial charge in [-0.15, -0.1) is 0 Å². The predicted octanol–water partition coefficient (Wildman–Crippen LogP) is 17.4. The lowest BCUT2D eigenvalue weighted by atomic mass is 9.92. The lowest BCUT2D eigenvalue weighted by molar-refractivity contribution is -0.118. The Morgan fingerprint density at radius 1 is 0.456 bits per heavy atom. The monoisotopic (exact) mass is 1850 g/mol. The molecule has 4 aromatic heterocycles. The van der Waals surface area contributed by atoms with Gasteiger partial charge in [0, 0.05) is 176 Å². The van der Waals surface area contributed by atoms with Crippen LogP contribution in [0.1, 0.15) is 137 Å². The van der Waals surface area contributed by atoms with E-state index in [9.17, 15) is 55.2 Å². The molecule has 39 heteroatoms. The fourth-order valence-electron chi connectivity index (χ4n) is 12.6. The number of hydrogen-bond donors (Lipinski definition) is 7. The first kappa shape index (κ1) is 102. The third-order valence-electron chi connectivity index (χ3n) is 18.4. The van der Waals surface area contributed by atoms with E-state index in [1.807, 2.05) is 169 Å². The first-order valence-electron chi connectivity index (χ1n) is 40.1. The molecule has 4 saturated heterocycles. The lowest BCUT2D eigenvalue weighted by Gasteiger charge is -2.37. The zero-order chi connectivity index (χ0) is 92.7. The highest BCUT2D eigenvalue weighted by Crippen LogP contribution is 2.34. The minimum Gasteiger partial charge on any atom is -0.444 e. The number of ether oxygens (including phenoxy) is 3. The van der Waals surface area contributed by atoms with Crippen LogP contribution >= 0.6 is 58.0 Å². The Morgan fingerprint density at radius 2 is 0.800 bits per heavy atom. The van der Waals surface area contributed by atoms with Gasteiger partial charge in [0.15, 0.2) is 12.6 Å². The number of nitrogen functional groups attached to an aromatic ring is 1. The molecule has 8 N–H and O–H groups in total. The fourth-order valence-corrected chi connectivity index (χ4v) is 14.7. The largest absolute Gasteiger partial charge is 0.444 e. The molecule has 0 aliphatic carbocycles. The Bertz CT molecular complexity index is 5400. The summed E-state index contributed by atoms with van der Waals surface area (Å²) in [6.45, 7) is 38.8. The fraction of sp³-hybridized carbons (Fsp3) is 0.453. The Morgan fingerprint density at radius 3 is 1.18 bits per heavy atom. The number of nitrogens with zero attached hydrogens (tertiary/aromatic N) is 11. The third kappa shape index (κ3) is 33.3. The number of rotatable bonds is 9. The molecule has 680 valence electrons. The topological polar surface area (TPSA) is 369 Å². The van der Waals surface area contributed by atoms with Crippen LogP contribution in [0.5, 0.6) is 0 Å². The number of anilines is 5. The Labute approximate surface area is 751 Å². The number of H-pyrrole nitrogens is 4. The molecule has 14 rings (SSSR count). The minimum absolute atomic E-state index is 0.00558. The minimum atomic E-state index is -3.11. The summed E-state index contributed by atoms with van der Waals surface area (Å²) < 4.78 is 79.5. The van der Waals surface area contributed by atoms with E-state index in [0.29, 0.717) is 100 Å². The second-order valence-corrected chi connectivity index (χ2v) is 39.0. The molecule has 0 saturated carbocycles. The zero-order valence-corrected chi connectivity index (χ0v) is 77.7. The second-order valence-electron chi connectivity index (χ2n) is 34.8. The number of nitrogens with one attached hydrogen (secondary N) is 6. The number of aromatic nitrogens is 8. The molecule has 4 aliphatic rings. The Balaban J connectivity index is 0.000000201. The number of sulfonamides is 1. The maximum atomic E-state index is 13.8. The van der Waals surface area contributed by atoms with Crippen LogP contribution in [0.4, 0.5) is 56.0 Å². The average Bonchev–Trinajstić information content (AvgIpc) is 1.73. The van der Waals surface area contributed by atoms with E-state index in [2.05, 4.69) is 61.2 Å². The summed E-state index contributed by atoms with van der Waals surface area (Å²) in [5, 5.41) is 38.8. The second kappa shape index (κ2) is 45.3. The molecule has 30 nitrogen and oxygen atoms in total. The van der Waals surface area contributed by atoms with Crippen molar-refractivity contribution in [1.29, 1.82) is 0 Å². The van der Waals surface area contributed by atoms with Crippen LogP contribution in [0, 0.1) is 28.3 Å². The van der Waals surface area contributed by atoms with Crippen molar-refractivity contribution in [3.8, 4) is 0 Å². The average molecular weight is 1860 g/mol. The molecule has 4 aliphatic heterocycles. The van der Waals surface area contributed by atoms with Gasteiger partial charge in [0.05, 0.1) is 75.6 Å². The number of nitrogens with two attached hydrogens (primary N) is 1. The molecular formula is C86H112Cl5F3N18O12S. The molecule has 0 bridgehead atoms. The number of amides is 4. The standard InChI is InChI=1S/C16H20ClFN2O3.C16H21ClN4O2.C13H17N3O.C12H15ClN4O2S.C9H18N2O2.C7H3ClF2O.C7H7N3.C6H11ClO/c1-16(2,3)23-15(22)20-6-4-19(5-7-20)14-9-11(17)8-13(18)12(14)10-21;1-16(2,3)23-15(22)21-6-4-20(5-7-21)14-9-11(17)8-13-12(14)10-18-19-13;1-13(2,3)7-12(17)15-10-5-4-6-11-9(10)8-14-16-11;1-20(18,19)17-4-2-16(3-5-17)12-7-9(13)6-11-10(12)8-14-15-11;1-9(2,3)13-8(12)11-6-4-10-5-7-11;8-4-1-6(9)5(3-11)7(10)2-4;8-6-2-1-3-7-5(6)4-9-10-7;1-6(2,3)4-5(7)8/h8-10H,4-7H2,1-3H3;8-10H,4-7H2,1-3H3,(H,18,19);4-6,8H,7H2,1-3H3,(H,14,16)(H,15,17);6-8H,2-5H2,1H3,(H,14,15);10H,4-7H2,1-3H3;1-3H;1-4H,8H2,(H,9,10);4H2,1-3H3. The highest BCUT2D eigenvalue weighted by Gasteiger charge is 2.31. The molecular weight excluding hydrogens is 1740 g/mol. The van der Waals surface area contributed by atoms with Crippen molar-refractivity contribution in [2.24, 2.45) is 10.8 Å². The van der Waals surface area contributed by atoms with Crippen molar-refractivity contribution in [3.05, 3.63) is 158 Å². The third-order valence-corrected chi connectivity index (χ3v) is 20.7. The number of aldehydes is 2. The van der Waals surface area contributed by atoms with E-state index in [-0.39, 0.29) is 67.8 Å². The van der Waals surface area contributed by atoms with Crippen molar-refractivity contribution in [3.63, 3.8) is 0 Å². The first-order valence-corrected chi connectivity index (χ1v) is 43.8. The van der Waals surface area contributed by atoms with Crippen LogP contribution in [0.25, 0.3) is 43.6 Å². The zero-order valence-electron chi connectivity index (χ0n) is 73.1. The van der Waals surface area contributed by atoms with Crippen LogP contribution in [0.3, 0.4) is 0 Å².